The zero-order valence-corrected chi connectivity index (χ0v) is 13.0. The number of aromatic nitrogens is 3. The van der Waals surface area contributed by atoms with E-state index in [0.717, 1.165) is 5.52 Å². The van der Waals surface area contributed by atoms with E-state index in [4.69, 9.17) is 11.6 Å². The van der Waals surface area contributed by atoms with Gasteiger partial charge in [-0.1, -0.05) is 35.5 Å². The second kappa shape index (κ2) is 7.28. The lowest BCUT2D eigenvalue weighted by Crippen LogP contribution is -2.32. The van der Waals surface area contributed by atoms with Crippen molar-refractivity contribution in [2.45, 2.75) is 5.16 Å². The standard InChI is InChI=1S/C14H15ClN4OS/c1-3-5-19(6-4-2)12(20)9-21-14-17-11-7-10(15)8-16-13(11)18-14/h3-4,7-8H,1-2,5-6,9H2,(H,16,17,18). The Balaban J connectivity index is 2.01. The lowest BCUT2D eigenvalue weighted by Gasteiger charge is -2.18. The smallest absolute Gasteiger partial charge is 0.233 e. The number of amides is 1. The van der Waals surface area contributed by atoms with E-state index in [0.29, 0.717) is 28.9 Å². The number of carbonyl (C=O) groups excluding carboxylic acids is 1. The van der Waals surface area contributed by atoms with E-state index in [1.165, 1.54) is 11.8 Å². The summed E-state index contributed by atoms with van der Waals surface area (Å²) in [5, 5.41) is 1.19. The molecule has 2 rings (SSSR count). The minimum Gasteiger partial charge on any atom is -0.335 e. The molecule has 0 aliphatic rings. The molecule has 1 amide bonds. The van der Waals surface area contributed by atoms with Gasteiger partial charge in [-0.2, -0.15) is 0 Å². The van der Waals surface area contributed by atoms with E-state index >= 15 is 0 Å². The quantitative estimate of drug-likeness (QED) is 0.629. The van der Waals surface area contributed by atoms with E-state index in [-0.39, 0.29) is 11.7 Å². The van der Waals surface area contributed by atoms with Crippen LogP contribution in [0.15, 0.2) is 42.7 Å². The molecule has 0 atom stereocenters. The lowest BCUT2D eigenvalue weighted by molar-refractivity contribution is -0.127. The molecular formula is C14H15ClN4OS. The molecule has 0 saturated carbocycles. The molecule has 2 heterocycles. The number of H-pyrrole nitrogens is 1. The maximum atomic E-state index is 12.1. The van der Waals surface area contributed by atoms with Crippen LogP contribution >= 0.6 is 23.4 Å². The van der Waals surface area contributed by atoms with Crippen LogP contribution in [0.1, 0.15) is 0 Å². The van der Waals surface area contributed by atoms with Crippen LogP contribution in [0.2, 0.25) is 5.02 Å². The minimum absolute atomic E-state index is 0.00578. The molecular weight excluding hydrogens is 308 g/mol. The first-order valence-electron chi connectivity index (χ1n) is 6.27. The second-order valence-electron chi connectivity index (χ2n) is 4.23. The molecule has 5 nitrogen and oxygen atoms in total. The number of hydrogen-bond donors (Lipinski definition) is 1. The summed E-state index contributed by atoms with van der Waals surface area (Å²) >= 11 is 7.20. The van der Waals surface area contributed by atoms with Crippen LogP contribution in [0.25, 0.3) is 11.2 Å². The van der Waals surface area contributed by atoms with Crippen LogP contribution in [-0.2, 0) is 4.79 Å². The van der Waals surface area contributed by atoms with Gasteiger partial charge >= 0.3 is 0 Å². The van der Waals surface area contributed by atoms with Crippen molar-refractivity contribution in [3.63, 3.8) is 0 Å². The molecule has 110 valence electrons. The van der Waals surface area contributed by atoms with Crippen LogP contribution in [0.3, 0.4) is 0 Å². The average molecular weight is 323 g/mol. The molecule has 0 saturated heterocycles. The number of thioether (sulfide) groups is 1. The van der Waals surface area contributed by atoms with Crippen LogP contribution < -0.4 is 0 Å². The third-order valence-electron chi connectivity index (χ3n) is 2.67. The second-order valence-corrected chi connectivity index (χ2v) is 5.63. The molecule has 0 radical (unpaired) electrons. The number of imidazole rings is 1. The minimum atomic E-state index is 0.00578. The number of fused-ring (bicyclic) bond motifs is 1. The summed E-state index contributed by atoms with van der Waals surface area (Å²) in [5.74, 6) is 0.293. The fourth-order valence-electron chi connectivity index (χ4n) is 1.73. The van der Waals surface area contributed by atoms with Gasteiger partial charge in [-0.3, -0.25) is 4.79 Å². The van der Waals surface area contributed by atoms with Gasteiger partial charge in [0, 0.05) is 19.3 Å². The molecule has 0 spiro atoms. The fraction of sp³-hybridized carbons (Fsp3) is 0.214. The van der Waals surface area contributed by atoms with Crippen molar-refractivity contribution in [3.8, 4) is 0 Å². The maximum Gasteiger partial charge on any atom is 0.233 e. The Labute approximate surface area is 132 Å². The molecule has 2 aromatic rings. The Morgan fingerprint density at radius 2 is 2.14 bits per heavy atom. The van der Waals surface area contributed by atoms with Crippen molar-refractivity contribution < 1.29 is 4.79 Å². The van der Waals surface area contributed by atoms with Crippen molar-refractivity contribution >= 4 is 40.4 Å². The third-order valence-corrected chi connectivity index (χ3v) is 3.73. The molecule has 0 aliphatic heterocycles. The number of aromatic amines is 1. The molecule has 21 heavy (non-hydrogen) atoms. The van der Waals surface area contributed by atoms with Gasteiger partial charge in [-0.05, 0) is 6.07 Å². The van der Waals surface area contributed by atoms with Gasteiger partial charge < -0.3 is 9.88 Å². The van der Waals surface area contributed by atoms with Crippen molar-refractivity contribution in [2.24, 2.45) is 0 Å². The predicted molar refractivity (Wildman–Crippen MR) is 86.6 cm³/mol. The van der Waals surface area contributed by atoms with Crippen LogP contribution in [0, 0.1) is 0 Å². The molecule has 0 unspecified atom stereocenters. The monoisotopic (exact) mass is 322 g/mol. The van der Waals surface area contributed by atoms with Gasteiger partial charge in [-0.25, -0.2) is 9.97 Å². The van der Waals surface area contributed by atoms with Gasteiger partial charge in [0.05, 0.1) is 16.3 Å². The van der Waals surface area contributed by atoms with Crippen molar-refractivity contribution in [3.05, 3.63) is 42.6 Å². The number of nitrogens with one attached hydrogen (secondary N) is 1. The van der Waals surface area contributed by atoms with E-state index in [1.54, 1.807) is 29.3 Å². The molecule has 0 aromatic carbocycles. The van der Waals surface area contributed by atoms with Gasteiger partial charge in [0.2, 0.25) is 5.91 Å². The van der Waals surface area contributed by atoms with Crippen LogP contribution in [0.5, 0.6) is 0 Å². The Kier molecular flexibility index (Phi) is 5.41. The Hall–Kier alpha value is -1.79. The van der Waals surface area contributed by atoms with Gasteiger partial charge in [0.25, 0.3) is 0 Å². The van der Waals surface area contributed by atoms with Gasteiger partial charge in [0.1, 0.15) is 0 Å². The van der Waals surface area contributed by atoms with Gasteiger partial charge in [-0.15, -0.1) is 13.2 Å². The molecule has 0 aliphatic carbocycles. The summed E-state index contributed by atoms with van der Waals surface area (Å²) in [7, 11) is 0. The SMILES string of the molecule is C=CCN(CC=C)C(=O)CSc1nc2ncc(Cl)cc2[nH]1. The average Bonchev–Trinajstić information content (AvgIpc) is 2.86. The first-order chi connectivity index (χ1) is 10.1. The molecule has 0 fully saturated rings. The highest BCUT2D eigenvalue weighted by Crippen LogP contribution is 2.20. The highest BCUT2D eigenvalue weighted by Gasteiger charge is 2.13. The first kappa shape index (κ1) is 15.6. The lowest BCUT2D eigenvalue weighted by atomic mass is 10.4. The highest BCUT2D eigenvalue weighted by atomic mass is 35.5. The Bertz CT molecular complexity index is 660. The zero-order chi connectivity index (χ0) is 15.2. The summed E-state index contributed by atoms with van der Waals surface area (Å²) < 4.78 is 0. The summed E-state index contributed by atoms with van der Waals surface area (Å²) in [5.41, 5.74) is 1.34. The van der Waals surface area contributed by atoms with E-state index < -0.39 is 0 Å². The predicted octanol–water partition coefficient (Wildman–Crippen LogP) is 2.90. The fourth-order valence-corrected chi connectivity index (χ4v) is 2.67. The summed E-state index contributed by atoms with van der Waals surface area (Å²) in [4.78, 5) is 25.3. The molecule has 0 bridgehead atoms. The number of pyridine rings is 1. The largest absolute Gasteiger partial charge is 0.335 e. The number of hydrogen-bond acceptors (Lipinski definition) is 4. The Morgan fingerprint density at radius 3 is 2.81 bits per heavy atom. The van der Waals surface area contributed by atoms with E-state index in [2.05, 4.69) is 28.1 Å². The molecule has 2 aromatic heterocycles. The normalized spacial score (nSPS) is 10.5. The Morgan fingerprint density at radius 1 is 1.43 bits per heavy atom. The van der Waals surface area contributed by atoms with E-state index in [1.807, 2.05) is 0 Å². The summed E-state index contributed by atoms with van der Waals surface area (Å²) in [6.07, 6.45) is 4.93. The van der Waals surface area contributed by atoms with Crippen molar-refractivity contribution in [1.29, 1.82) is 0 Å². The summed E-state index contributed by atoms with van der Waals surface area (Å²) in [6, 6.07) is 1.75. The number of nitrogens with zero attached hydrogens (tertiary/aromatic N) is 3. The van der Waals surface area contributed by atoms with Crippen LogP contribution in [-0.4, -0.2) is 44.6 Å². The molecule has 1 N–H and O–H groups in total. The third kappa shape index (κ3) is 4.09. The zero-order valence-electron chi connectivity index (χ0n) is 11.4. The highest BCUT2D eigenvalue weighted by molar-refractivity contribution is 7.99. The summed E-state index contributed by atoms with van der Waals surface area (Å²) in [6.45, 7) is 8.30. The van der Waals surface area contributed by atoms with Crippen molar-refractivity contribution in [1.82, 2.24) is 19.9 Å². The van der Waals surface area contributed by atoms with E-state index in [9.17, 15) is 4.79 Å². The first-order valence-corrected chi connectivity index (χ1v) is 7.64. The topological polar surface area (TPSA) is 61.9 Å². The van der Waals surface area contributed by atoms with Crippen molar-refractivity contribution in [2.75, 3.05) is 18.8 Å². The maximum absolute atomic E-state index is 12.1. The number of carbonyl (C=O) groups is 1. The number of rotatable bonds is 7. The van der Waals surface area contributed by atoms with Crippen LogP contribution in [0.4, 0.5) is 0 Å². The molecule has 7 heteroatoms. The van der Waals surface area contributed by atoms with Gasteiger partial charge in [0.15, 0.2) is 10.8 Å². The number of halogens is 1.